The van der Waals surface area contributed by atoms with Gasteiger partial charge >= 0.3 is 5.97 Å². The van der Waals surface area contributed by atoms with E-state index in [1.54, 1.807) is 78.9 Å². The number of carbonyl (C=O) groups is 2. The molecule has 0 aliphatic heterocycles. The number of anilines is 1. The highest BCUT2D eigenvalue weighted by molar-refractivity contribution is 7.92. The lowest BCUT2D eigenvalue weighted by atomic mass is 10.2. The first-order valence-electron chi connectivity index (χ1n) is 12.5. The Morgan fingerprint density at radius 2 is 1.51 bits per heavy atom. The zero-order chi connectivity index (χ0) is 29.2. The molecule has 0 aliphatic carbocycles. The number of sulfonamides is 1. The number of hydrogen-bond acceptors (Lipinski definition) is 7. The lowest BCUT2D eigenvalue weighted by Crippen LogP contribution is -2.39. The molecular formula is C30H26ClN3O6S. The zero-order valence-electron chi connectivity index (χ0n) is 21.9. The summed E-state index contributed by atoms with van der Waals surface area (Å²) < 4.78 is 38.7. The molecule has 4 rings (SSSR count). The normalized spacial score (nSPS) is 11.2. The van der Waals surface area contributed by atoms with Gasteiger partial charge in [-0.25, -0.2) is 18.6 Å². The van der Waals surface area contributed by atoms with Crippen molar-refractivity contribution in [2.24, 2.45) is 5.10 Å². The van der Waals surface area contributed by atoms with E-state index in [4.69, 9.17) is 21.1 Å². The third-order valence-corrected chi connectivity index (χ3v) is 7.67. The maximum absolute atomic E-state index is 13.5. The summed E-state index contributed by atoms with van der Waals surface area (Å²) in [6.07, 6.45) is 1.38. The highest BCUT2D eigenvalue weighted by Gasteiger charge is 2.27. The van der Waals surface area contributed by atoms with Gasteiger partial charge in [0.05, 0.1) is 29.0 Å². The minimum Gasteiger partial charge on any atom is -0.494 e. The SMILES string of the molecule is CCOc1ccc(N(CC(=O)N/N=C\c2ccc(OC(=O)c3ccccc3)cc2)S(=O)(=O)c2ccc(Cl)cc2)cc1. The quantitative estimate of drug-likeness (QED) is 0.109. The van der Waals surface area contributed by atoms with Crippen LogP contribution in [0.4, 0.5) is 5.69 Å². The molecule has 0 bridgehead atoms. The summed E-state index contributed by atoms with van der Waals surface area (Å²) in [5.41, 5.74) is 3.67. The van der Waals surface area contributed by atoms with E-state index in [9.17, 15) is 18.0 Å². The molecule has 4 aromatic carbocycles. The highest BCUT2D eigenvalue weighted by Crippen LogP contribution is 2.26. The average Bonchev–Trinajstić information content (AvgIpc) is 2.98. The molecule has 210 valence electrons. The third kappa shape index (κ3) is 7.93. The summed E-state index contributed by atoms with van der Waals surface area (Å²) in [5.74, 6) is -0.237. The minimum atomic E-state index is -4.12. The van der Waals surface area contributed by atoms with E-state index in [-0.39, 0.29) is 10.6 Å². The molecule has 4 aromatic rings. The van der Waals surface area contributed by atoms with Crippen molar-refractivity contribution in [1.82, 2.24) is 5.43 Å². The average molecular weight is 592 g/mol. The second kappa shape index (κ2) is 13.6. The number of rotatable bonds is 11. The Balaban J connectivity index is 1.43. The molecule has 0 fully saturated rings. The fourth-order valence-electron chi connectivity index (χ4n) is 3.63. The summed E-state index contributed by atoms with van der Waals surface area (Å²) in [7, 11) is -4.12. The van der Waals surface area contributed by atoms with Crippen molar-refractivity contribution in [2.45, 2.75) is 11.8 Å². The number of hydrogen-bond donors (Lipinski definition) is 1. The van der Waals surface area contributed by atoms with Gasteiger partial charge in [-0.1, -0.05) is 29.8 Å². The van der Waals surface area contributed by atoms with Crippen LogP contribution in [0.15, 0.2) is 113 Å². The van der Waals surface area contributed by atoms with Crippen LogP contribution in [0.3, 0.4) is 0 Å². The fraction of sp³-hybridized carbons (Fsp3) is 0.100. The minimum absolute atomic E-state index is 0.0276. The highest BCUT2D eigenvalue weighted by atomic mass is 35.5. The van der Waals surface area contributed by atoms with E-state index in [0.717, 1.165) is 4.31 Å². The largest absolute Gasteiger partial charge is 0.494 e. The van der Waals surface area contributed by atoms with Crippen LogP contribution >= 0.6 is 11.6 Å². The van der Waals surface area contributed by atoms with E-state index < -0.39 is 28.4 Å². The predicted octanol–water partition coefficient (Wildman–Crippen LogP) is 5.30. The molecule has 0 spiro atoms. The van der Waals surface area contributed by atoms with Gasteiger partial charge < -0.3 is 9.47 Å². The molecule has 9 nitrogen and oxygen atoms in total. The molecule has 0 radical (unpaired) electrons. The predicted molar refractivity (Wildman–Crippen MR) is 157 cm³/mol. The molecule has 0 saturated carbocycles. The smallest absolute Gasteiger partial charge is 0.343 e. The van der Waals surface area contributed by atoms with Gasteiger partial charge in [0.15, 0.2) is 0 Å². The molecule has 41 heavy (non-hydrogen) atoms. The molecule has 0 aliphatic rings. The van der Waals surface area contributed by atoms with E-state index in [1.165, 1.54) is 30.5 Å². The van der Waals surface area contributed by atoms with Crippen LogP contribution in [-0.4, -0.2) is 39.7 Å². The number of amides is 1. The number of benzene rings is 4. The lowest BCUT2D eigenvalue weighted by molar-refractivity contribution is -0.119. The van der Waals surface area contributed by atoms with Gasteiger partial charge in [0, 0.05) is 5.02 Å². The van der Waals surface area contributed by atoms with Gasteiger partial charge in [-0.2, -0.15) is 5.10 Å². The van der Waals surface area contributed by atoms with Crippen molar-refractivity contribution in [1.29, 1.82) is 0 Å². The standard InChI is InChI=1S/C30H26ClN3O6S/c1-2-39-26-16-12-25(13-17-26)34(41(37,38)28-18-10-24(31)11-19-28)21-29(35)33-32-20-22-8-14-27(15-9-22)40-30(36)23-6-4-3-5-7-23/h3-20H,2,21H2,1H3,(H,33,35)/b32-20-. The number of nitrogens with zero attached hydrogens (tertiary/aromatic N) is 2. The van der Waals surface area contributed by atoms with Crippen molar-refractivity contribution in [2.75, 3.05) is 17.5 Å². The molecule has 0 saturated heterocycles. The van der Waals surface area contributed by atoms with Crippen LogP contribution in [-0.2, 0) is 14.8 Å². The summed E-state index contributed by atoms with van der Waals surface area (Å²) in [5, 5.41) is 4.32. The van der Waals surface area contributed by atoms with Crippen LogP contribution in [0, 0.1) is 0 Å². The van der Waals surface area contributed by atoms with Gasteiger partial charge in [-0.3, -0.25) is 9.10 Å². The van der Waals surface area contributed by atoms with Gasteiger partial charge in [0.25, 0.3) is 15.9 Å². The Labute approximate surface area is 243 Å². The molecule has 1 amide bonds. The number of carbonyl (C=O) groups excluding carboxylic acids is 2. The maximum Gasteiger partial charge on any atom is 0.343 e. The second-order valence-corrected chi connectivity index (χ2v) is 10.8. The van der Waals surface area contributed by atoms with E-state index in [2.05, 4.69) is 10.5 Å². The van der Waals surface area contributed by atoms with E-state index in [0.29, 0.717) is 34.3 Å². The first-order chi connectivity index (χ1) is 19.8. The van der Waals surface area contributed by atoms with Gasteiger partial charge in [-0.15, -0.1) is 0 Å². The molecule has 11 heteroatoms. The van der Waals surface area contributed by atoms with E-state index in [1.807, 2.05) is 6.92 Å². The topological polar surface area (TPSA) is 114 Å². The van der Waals surface area contributed by atoms with Crippen LogP contribution in [0.1, 0.15) is 22.8 Å². The third-order valence-electron chi connectivity index (χ3n) is 5.63. The number of ether oxygens (including phenoxy) is 2. The maximum atomic E-state index is 13.5. The lowest BCUT2D eigenvalue weighted by Gasteiger charge is -2.24. The Morgan fingerprint density at radius 3 is 2.15 bits per heavy atom. The first kappa shape index (κ1) is 29.3. The Kier molecular flexibility index (Phi) is 9.73. The van der Waals surface area contributed by atoms with Crippen molar-refractivity contribution in [3.05, 3.63) is 119 Å². The molecule has 0 aromatic heterocycles. The van der Waals surface area contributed by atoms with Gasteiger partial charge in [-0.05, 0) is 97.4 Å². The van der Waals surface area contributed by atoms with Gasteiger partial charge in [0.1, 0.15) is 18.0 Å². The van der Waals surface area contributed by atoms with Crippen LogP contribution in [0.5, 0.6) is 11.5 Å². The van der Waals surface area contributed by atoms with Crippen LogP contribution < -0.4 is 19.2 Å². The van der Waals surface area contributed by atoms with Crippen molar-refractivity contribution in [3.63, 3.8) is 0 Å². The summed E-state index contributed by atoms with van der Waals surface area (Å²) in [6, 6.07) is 27.1. The molecular weight excluding hydrogens is 566 g/mol. The van der Waals surface area contributed by atoms with Crippen molar-refractivity contribution >= 4 is 45.4 Å². The van der Waals surface area contributed by atoms with Crippen LogP contribution in [0.2, 0.25) is 5.02 Å². The summed E-state index contributed by atoms with van der Waals surface area (Å²) in [4.78, 5) is 25.0. The molecule has 0 atom stereocenters. The summed E-state index contributed by atoms with van der Waals surface area (Å²) >= 11 is 5.93. The first-order valence-corrected chi connectivity index (χ1v) is 14.3. The number of halogens is 1. The second-order valence-electron chi connectivity index (χ2n) is 8.51. The fourth-order valence-corrected chi connectivity index (χ4v) is 5.18. The monoisotopic (exact) mass is 591 g/mol. The molecule has 0 unspecified atom stereocenters. The Bertz CT molecular complexity index is 1610. The zero-order valence-corrected chi connectivity index (χ0v) is 23.5. The number of hydrazone groups is 1. The molecule has 1 N–H and O–H groups in total. The Hall–Kier alpha value is -4.67. The van der Waals surface area contributed by atoms with Crippen molar-refractivity contribution < 1.29 is 27.5 Å². The molecule has 0 heterocycles. The Morgan fingerprint density at radius 1 is 0.878 bits per heavy atom. The number of esters is 1. The van der Waals surface area contributed by atoms with Crippen molar-refractivity contribution in [3.8, 4) is 11.5 Å². The number of nitrogens with one attached hydrogen (secondary N) is 1. The summed E-state index contributed by atoms with van der Waals surface area (Å²) in [6.45, 7) is 1.75. The van der Waals surface area contributed by atoms with Crippen LogP contribution in [0.25, 0.3) is 0 Å². The van der Waals surface area contributed by atoms with E-state index >= 15 is 0 Å². The van der Waals surface area contributed by atoms with Gasteiger partial charge in [0.2, 0.25) is 0 Å².